The number of hydrogen-bond acceptors (Lipinski definition) is 4. The Hall–Kier alpha value is -6.26. The summed E-state index contributed by atoms with van der Waals surface area (Å²) in [5.74, 6) is 0.659. The second-order valence-corrected chi connectivity index (χ2v) is 12.9. The molecule has 4 heteroatoms. The van der Waals surface area contributed by atoms with Crippen molar-refractivity contribution in [2.75, 3.05) is 0 Å². The van der Waals surface area contributed by atoms with E-state index < -0.39 is 0 Å². The van der Waals surface area contributed by atoms with Crippen molar-refractivity contribution >= 4 is 82.7 Å². The average Bonchev–Trinajstić information content (AvgIpc) is 3.72. The number of fused-ring (bicyclic) bond motifs is 9. The van der Waals surface area contributed by atoms with Crippen molar-refractivity contribution in [2.45, 2.75) is 19.8 Å². The highest BCUT2D eigenvalue weighted by Gasteiger charge is 2.23. The van der Waals surface area contributed by atoms with Crippen LogP contribution in [0.3, 0.4) is 0 Å². The number of rotatable bonds is 3. The van der Waals surface area contributed by atoms with E-state index in [1.807, 2.05) is 36.4 Å². The number of hydrogen-bond donors (Lipinski definition) is 0. The minimum atomic E-state index is 0.659. The van der Waals surface area contributed by atoms with Crippen molar-refractivity contribution in [1.82, 2.24) is 0 Å². The molecule has 0 atom stereocenters. The SMILES string of the molecule is C/C1=C(c2cccc3c2oc2ccccc23)/N=C(c2cccc3oc4ccccc4c23)\N=C(\c2cc3ccccc3c3ccccc23)CC1. The maximum atomic E-state index is 6.54. The van der Waals surface area contributed by atoms with Crippen molar-refractivity contribution in [1.29, 1.82) is 0 Å². The molecule has 0 bridgehead atoms. The number of amidine groups is 1. The van der Waals surface area contributed by atoms with Crippen LogP contribution in [-0.4, -0.2) is 11.5 Å². The first-order valence-electron chi connectivity index (χ1n) is 16.8. The highest BCUT2D eigenvalue weighted by atomic mass is 16.3. The number of furan rings is 2. The van der Waals surface area contributed by atoms with Gasteiger partial charge in [0, 0.05) is 38.2 Å². The van der Waals surface area contributed by atoms with Crippen molar-refractivity contribution < 1.29 is 8.83 Å². The lowest BCUT2D eigenvalue weighted by atomic mass is 9.91. The normalized spacial score (nSPS) is 17.8. The van der Waals surface area contributed by atoms with Crippen LogP contribution >= 0.6 is 0 Å². The Bertz CT molecular complexity index is 2900. The van der Waals surface area contributed by atoms with Gasteiger partial charge in [0.15, 0.2) is 5.84 Å². The molecular weight excluding hydrogens is 601 g/mol. The molecule has 0 unspecified atom stereocenters. The van der Waals surface area contributed by atoms with Crippen molar-refractivity contribution in [3.05, 3.63) is 162 Å². The van der Waals surface area contributed by atoms with Gasteiger partial charge in [-0.15, -0.1) is 0 Å². The third-order valence-electron chi connectivity index (χ3n) is 9.98. The predicted molar refractivity (Wildman–Crippen MR) is 204 cm³/mol. The fourth-order valence-corrected chi connectivity index (χ4v) is 7.63. The summed E-state index contributed by atoms with van der Waals surface area (Å²) in [5.41, 5.74) is 9.54. The largest absolute Gasteiger partial charge is 0.456 e. The standard InChI is InChI=1S/C45H30N2O2/c1-27-24-25-38(37-26-28-12-2-3-13-29(28)30-14-4-5-15-31(30)37)46-45(35-19-11-23-41-42(35)34-17-7-9-22-40(34)48-41)47-43(27)36-20-10-18-33-32-16-6-8-21-39(32)49-44(33)36/h2-23,26H,24-25H2,1H3/b43-27-,46-38+,47-45-. The zero-order valence-electron chi connectivity index (χ0n) is 26.9. The van der Waals surface area contributed by atoms with Crippen LogP contribution < -0.4 is 0 Å². The van der Waals surface area contributed by atoms with Gasteiger partial charge in [0.05, 0.1) is 11.4 Å². The average molecular weight is 631 g/mol. The Labute approximate surface area is 282 Å². The lowest BCUT2D eigenvalue weighted by Crippen LogP contribution is -2.11. The van der Waals surface area contributed by atoms with Gasteiger partial charge in [-0.25, -0.2) is 9.98 Å². The Balaban J connectivity index is 1.28. The highest BCUT2D eigenvalue weighted by molar-refractivity contribution is 6.26. The van der Waals surface area contributed by atoms with E-state index in [2.05, 4.69) is 110 Å². The molecule has 4 nitrogen and oxygen atoms in total. The molecule has 0 saturated carbocycles. The summed E-state index contributed by atoms with van der Waals surface area (Å²) >= 11 is 0. The molecule has 9 aromatic rings. The predicted octanol–water partition coefficient (Wildman–Crippen LogP) is 12.3. The molecule has 7 aromatic carbocycles. The van der Waals surface area contributed by atoms with E-state index in [9.17, 15) is 0 Å². The zero-order chi connectivity index (χ0) is 32.5. The van der Waals surface area contributed by atoms with Gasteiger partial charge >= 0.3 is 0 Å². The van der Waals surface area contributed by atoms with Gasteiger partial charge in [0.1, 0.15) is 22.3 Å². The van der Waals surface area contributed by atoms with Crippen LogP contribution in [0.25, 0.3) is 71.1 Å². The summed E-state index contributed by atoms with van der Waals surface area (Å²) in [6.07, 6.45) is 1.57. The number of aliphatic imine (C=N–C) groups is 2. The third-order valence-corrected chi connectivity index (χ3v) is 9.98. The van der Waals surface area contributed by atoms with Gasteiger partial charge < -0.3 is 8.83 Å². The molecule has 2 aromatic heterocycles. The minimum Gasteiger partial charge on any atom is -0.456 e. The van der Waals surface area contributed by atoms with Crippen LogP contribution in [0.4, 0.5) is 0 Å². The van der Waals surface area contributed by atoms with Crippen molar-refractivity contribution in [3.8, 4) is 0 Å². The molecule has 0 fully saturated rings. The number of allylic oxidation sites excluding steroid dienone is 1. The van der Waals surface area contributed by atoms with Crippen LogP contribution in [0.1, 0.15) is 36.5 Å². The minimum absolute atomic E-state index is 0.659. The van der Waals surface area contributed by atoms with E-state index in [0.29, 0.717) is 5.84 Å². The Kier molecular flexibility index (Phi) is 6.18. The van der Waals surface area contributed by atoms with Crippen LogP contribution in [0, 0.1) is 0 Å². The number of para-hydroxylation sites is 3. The summed E-state index contributed by atoms with van der Waals surface area (Å²) in [6, 6.07) is 48.6. The Morgan fingerprint density at radius 1 is 0.469 bits per heavy atom. The summed E-state index contributed by atoms with van der Waals surface area (Å²) in [6.45, 7) is 2.20. The fraction of sp³-hybridized carbons (Fsp3) is 0.0667. The van der Waals surface area contributed by atoms with Crippen LogP contribution in [0.2, 0.25) is 0 Å². The van der Waals surface area contributed by atoms with E-state index >= 15 is 0 Å². The summed E-state index contributed by atoms with van der Waals surface area (Å²) in [4.78, 5) is 11.1. The van der Waals surface area contributed by atoms with Gasteiger partial charge in [-0.1, -0.05) is 109 Å². The molecular formula is C45H30N2O2. The topological polar surface area (TPSA) is 51.0 Å². The van der Waals surface area contributed by atoms with E-state index in [4.69, 9.17) is 18.8 Å². The monoisotopic (exact) mass is 630 g/mol. The van der Waals surface area contributed by atoms with E-state index in [-0.39, 0.29) is 0 Å². The number of nitrogens with zero attached hydrogens (tertiary/aromatic N) is 2. The second-order valence-electron chi connectivity index (χ2n) is 12.9. The molecule has 232 valence electrons. The van der Waals surface area contributed by atoms with Gasteiger partial charge in [-0.2, -0.15) is 0 Å². The fourth-order valence-electron chi connectivity index (χ4n) is 7.63. The quantitative estimate of drug-likeness (QED) is 0.182. The van der Waals surface area contributed by atoms with Gasteiger partial charge in [0.25, 0.3) is 0 Å². The van der Waals surface area contributed by atoms with Gasteiger partial charge in [-0.05, 0) is 77.2 Å². The lowest BCUT2D eigenvalue weighted by molar-refractivity contribution is 0.667. The van der Waals surface area contributed by atoms with Gasteiger partial charge in [-0.3, -0.25) is 0 Å². The van der Waals surface area contributed by atoms with Gasteiger partial charge in [0.2, 0.25) is 0 Å². The zero-order valence-corrected chi connectivity index (χ0v) is 26.9. The highest BCUT2D eigenvalue weighted by Crippen LogP contribution is 2.39. The molecule has 0 N–H and O–H groups in total. The van der Waals surface area contributed by atoms with Crippen molar-refractivity contribution in [3.63, 3.8) is 0 Å². The lowest BCUT2D eigenvalue weighted by Gasteiger charge is -2.18. The molecule has 0 aliphatic carbocycles. The molecule has 1 aliphatic rings. The molecule has 0 radical (unpaired) electrons. The molecule has 0 amide bonds. The first-order valence-corrected chi connectivity index (χ1v) is 16.8. The smallest absolute Gasteiger partial charge is 0.160 e. The maximum absolute atomic E-state index is 6.54. The number of benzene rings is 7. The van der Waals surface area contributed by atoms with E-state index in [0.717, 1.165) is 84.8 Å². The molecule has 3 heterocycles. The molecule has 0 saturated heterocycles. The maximum Gasteiger partial charge on any atom is 0.160 e. The third kappa shape index (κ3) is 4.38. The summed E-state index contributed by atoms with van der Waals surface area (Å²) < 4.78 is 12.9. The molecule has 49 heavy (non-hydrogen) atoms. The first kappa shape index (κ1) is 27.8. The van der Waals surface area contributed by atoms with Crippen molar-refractivity contribution in [2.24, 2.45) is 9.98 Å². The van der Waals surface area contributed by atoms with E-state index in [1.54, 1.807) is 0 Å². The van der Waals surface area contributed by atoms with Crippen LogP contribution in [0.5, 0.6) is 0 Å². The Morgan fingerprint density at radius 3 is 1.96 bits per heavy atom. The van der Waals surface area contributed by atoms with Crippen LogP contribution in [0.15, 0.2) is 164 Å². The summed E-state index contributed by atoms with van der Waals surface area (Å²) in [7, 11) is 0. The molecule has 1 aliphatic heterocycles. The van der Waals surface area contributed by atoms with Crippen LogP contribution in [-0.2, 0) is 0 Å². The molecule has 0 spiro atoms. The summed E-state index contributed by atoms with van der Waals surface area (Å²) in [5, 5.41) is 9.12. The first-order chi connectivity index (χ1) is 24.2. The molecule has 10 rings (SSSR count). The Morgan fingerprint density at radius 2 is 1.10 bits per heavy atom. The second kappa shape index (κ2) is 10.9. The van der Waals surface area contributed by atoms with E-state index in [1.165, 1.54) is 27.1 Å².